The standard InChI is InChI=1S/C30H26FN3O8/c1-4-41-29(38)18-5-9-20(10-6-18)33-28(37)27(36)32-16-23-14-13-22(42-23)15-24-26(35)25(30(39)40-3)17(2)34(24)21-11-7-19(31)8-12-21/h5-15H,4,16H2,1-3H3,(H,32,36)(H,33,37)/b24-15+. The summed E-state index contributed by atoms with van der Waals surface area (Å²) in [4.78, 5) is 63.4. The molecule has 2 heterocycles. The number of ether oxygens (including phenoxy) is 2. The van der Waals surface area contributed by atoms with E-state index in [1.165, 1.54) is 59.5 Å². The van der Waals surface area contributed by atoms with Crippen molar-refractivity contribution in [2.24, 2.45) is 0 Å². The molecule has 4 rings (SSSR count). The molecule has 42 heavy (non-hydrogen) atoms. The second-order valence-electron chi connectivity index (χ2n) is 8.86. The predicted molar refractivity (Wildman–Crippen MR) is 148 cm³/mol. The maximum absolute atomic E-state index is 13.5. The van der Waals surface area contributed by atoms with E-state index in [-0.39, 0.29) is 35.9 Å². The summed E-state index contributed by atoms with van der Waals surface area (Å²) in [6.45, 7) is 3.34. The molecule has 0 saturated heterocycles. The van der Waals surface area contributed by atoms with Crippen LogP contribution < -0.4 is 15.5 Å². The highest BCUT2D eigenvalue weighted by Gasteiger charge is 2.38. The number of rotatable bonds is 8. The van der Waals surface area contributed by atoms with E-state index in [4.69, 9.17) is 13.9 Å². The van der Waals surface area contributed by atoms with Gasteiger partial charge in [0.25, 0.3) is 0 Å². The van der Waals surface area contributed by atoms with Crippen molar-refractivity contribution in [1.29, 1.82) is 0 Å². The van der Waals surface area contributed by atoms with Gasteiger partial charge in [-0.05, 0) is 74.5 Å². The Hall–Kier alpha value is -5.52. The number of halogens is 1. The number of carbonyl (C=O) groups excluding carboxylic acids is 5. The number of amides is 2. The third kappa shape index (κ3) is 6.44. The molecular weight excluding hydrogens is 549 g/mol. The normalized spacial score (nSPS) is 13.8. The largest absolute Gasteiger partial charge is 0.465 e. The summed E-state index contributed by atoms with van der Waals surface area (Å²) in [7, 11) is 1.16. The van der Waals surface area contributed by atoms with E-state index in [1.54, 1.807) is 26.0 Å². The third-order valence-corrected chi connectivity index (χ3v) is 6.12. The molecular formula is C30H26FN3O8. The van der Waals surface area contributed by atoms with Gasteiger partial charge in [0, 0.05) is 23.1 Å². The summed E-state index contributed by atoms with van der Waals surface area (Å²) in [6.07, 6.45) is 1.41. The fourth-order valence-corrected chi connectivity index (χ4v) is 4.12. The van der Waals surface area contributed by atoms with Crippen molar-refractivity contribution >= 4 is 47.0 Å². The van der Waals surface area contributed by atoms with Crippen LogP contribution in [0.2, 0.25) is 0 Å². The quantitative estimate of drug-likeness (QED) is 0.178. The second kappa shape index (κ2) is 12.8. The van der Waals surface area contributed by atoms with Gasteiger partial charge in [0.1, 0.15) is 22.9 Å². The van der Waals surface area contributed by atoms with Crippen molar-refractivity contribution in [2.45, 2.75) is 20.4 Å². The molecule has 0 saturated carbocycles. The smallest absolute Gasteiger partial charge is 0.343 e. The van der Waals surface area contributed by atoms with E-state index < -0.39 is 35.4 Å². The van der Waals surface area contributed by atoms with Crippen molar-refractivity contribution in [1.82, 2.24) is 5.32 Å². The number of furan rings is 1. The summed E-state index contributed by atoms with van der Waals surface area (Å²) in [6, 6.07) is 14.3. The number of anilines is 2. The van der Waals surface area contributed by atoms with E-state index in [0.717, 1.165) is 7.11 Å². The minimum atomic E-state index is -0.934. The molecule has 1 aromatic heterocycles. The molecule has 216 valence electrons. The molecule has 0 spiro atoms. The number of Topliss-reactive ketones (excluding diaryl/α,β-unsaturated/α-hetero) is 1. The minimum absolute atomic E-state index is 0.0674. The average Bonchev–Trinajstić information content (AvgIpc) is 3.53. The lowest BCUT2D eigenvalue weighted by molar-refractivity contribution is -0.137. The molecule has 0 atom stereocenters. The zero-order valence-electron chi connectivity index (χ0n) is 22.9. The van der Waals surface area contributed by atoms with Crippen LogP contribution in [-0.2, 0) is 35.2 Å². The summed E-state index contributed by atoms with van der Waals surface area (Å²) in [5.41, 5.74) is 1.23. The number of ketones is 1. The molecule has 12 heteroatoms. The van der Waals surface area contributed by atoms with E-state index in [0.29, 0.717) is 22.6 Å². The van der Waals surface area contributed by atoms with Crippen LogP contribution in [0, 0.1) is 5.82 Å². The molecule has 2 amide bonds. The molecule has 0 radical (unpaired) electrons. The van der Waals surface area contributed by atoms with Gasteiger partial charge in [0.2, 0.25) is 5.78 Å². The molecule has 0 aliphatic carbocycles. The molecule has 2 N–H and O–H groups in total. The van der Waals surface area contributed by atoms with Gasteiger partial charge in [0.05, 0.1) is 31.5 Å². The van der Waals surface area contributed by atoms with Crippen LogP contribution in [0.15, 0.2) is 82.0 Å². The fourth-order valence-electron chi connectivity index (χ4n) is 4.12. The maximum atomic E-state index is 13.5. The number of hydrogen-bond acceptors (Lipinski definition) is 9. The van der Waals surface area contributed by atoms with Gasteiger partial charge < -0.3 is 29.4 Å². The van der Waals surface area contributed by atoms with Gasteiger partial charge in [-0.2, -0.15) is 0 Å². The number of allylic oxidation sites excluding steroid dienone is 2. The summed E-state index contributed by atoms with van der Waals surface area (Å²) < 4.78 is 28.9. The Morgan fingerprint density at radius 2 is 1.64 bits per heavy atom. The number of esters is 2. The van der Waals surface area contributed by atoms with Crippen molar-refractivity contribution in [3.63, 3.8) is 0 Å². The SMILES string of the molecule is CCOC(=O)c1ccc(NC(=O)C(=O)NCc2ccc(/C=C3\C(=O)C(C(=O)OC)=C(C)N3c3ccc(F)cc3)o2)cc1. The van der Waals surface area contributed by atoms with Crippen molar-refractivity contribution in [3.8, 4) is 0 Å². The summed E-state index contributed by atoms with van der Waals surface area (Å²) in [5.74, 6) is -3.77. The zero-order chi connectivity index (χ0) is 30.4. The van der Waals surface area contributed by atoms with Crippen molar-refractivity contribution < 1.29 is 42.3 Å². The Balaban J connectivity index is 1.43. The van der Waals surface area contributed by atoms with Crippen LogP contribution in [0.4, 0.5) is 15.8 Å². The van der Waals surface area contributed by atoms with Gasteiger partial charge in [-0.15, -0.1) is 0 Å². The number of hydrogen-bond donors (Lipinski definition) is 2. The lowest BCUT2D eigenvalue weighted by Gasteiger charge is -2.21. The van der Waals surface area contributed by atoms with Crippen molar-refractivity contribution in [2.75, 3.05) is 23.9 Å². The Morgan fingerprint density at radius 3 is 2.29 bits per heavy atom. The van der Waals surface area contributed by atoms with Gasteiger partial charge in [0.15, 0.2) is 0 Å². The van der Waals surface area contributed by atoms with E-state index in [1.807, 2.05) is 0 Å². The second-order valence-corrected chi connectivity index (χ2v) is 8.86. The Morgan fingerprint density at radius 1 is 0.952 bits per heavy atom. The number of methoxy groups -OCH3 is 1. The first-order chi connectivity index (χ1) is 20.1. The molecule has 11 nitrogen and oxygen atoms in total. The summed E-state index contributed by atoms with van der Waals surface area (Å²) >= 11 is 0. The highest BCUT2D eigenvalue weighted by atomic mass is 19.1. The monoisotopic (exact) mass is 575 g/mol. The van der Waals surface area contributed by atoms with Crippen LogP contribution in [0.1, 0.15) is 35.7 Å². The molecule has 0 bridgehead atoms. The van der Waals surface area contributed by atoms with Crippen molar-refractivity contribution in [3.05, 3.63) is 101 Å². The Kier molecular flexibility index (Phi) is 8.96. The third-order valence-electron chi connectivity index (χ3n) is 6.12. The number of benzene rings is 2. The van der Waals surface area contributed by atoms with Crippen LogP contribution in [0.3, 0.4) is 0 Å². The number of nitrogens with one attached hydrogen (secondary N) is 2. The average molecular weight is 576 g/mol. The summed E-state index contributed by atoms with van der Waals surface area (Å²) in [5, 5.41) is 4.86. The number of carbonyl (C=O) groups is 5. The predicted octanol–water partition coefficient (Wildman–Crippen LogP) is 3.73. The molecule has 1 aliphatic heterocycles. The van der Waals surface area contributed by atoms with Crippen LogP contribution in [0.5, 0.6) is 0 Å². The Labute approximate surface area is 239 Å². The first kappa shape index (κ1) is 29.5. The highest BCUT2D eigenvalue weighted by Crippen LogP contribution is 2.35. The van der Waals surface area contributed by atoms with E-state index in [2.05, 4.69) is 10.6 Å². The van der Waals surface area contributed by atoms with Gasteiger partial charge in [-0.1, -0.05) is 0 Å². The highest BCUT2D eigenvalue weighted by molar-refractivity contribution is 6.39. The number of nitrogens with zero attached hydrogens (tertiary/aromatic N) is 1. The van der Waals surface area contributed by atoms with Crippen LogP contribution >= 0.6 is 0 Å². The molecule has 0 fully saturated rings. The fraction of sp³-hybridized carbons (Fsp3) is 0.167. The molecule has 0 unspecified atom stereocenters. The first-order valence-electron chi connectivity index (χ1n) is 12.7. The first-order valence-corrected chi connectivity index (χ1v) is 12.7. The molecule has 1 aliphatic rings. The maximum Gasteiger partial charge on any atom is 0.343 e. The van der Waals surface area contributed by atoms with Gasteiger partial charge in [-0.25, -0.2) is 14.0 Å². The minimum Gasteiger partial charge on any atom is -0.465 e. The van der Waals surface area contributed by atoms with Crippen LogP contribution in [0.25, 0.3) is 6.08 Å². The lowest BCUT2D eigenvalue weighted by Crippen LogP contribution is -2.34. The van der Waals surface area contributed by atoms with Gasteiger partial charge >= 0.3 is 23.8 Å². The zero-order valence-corrected chi connectivity index (χ0v) is 22.9. The van der Waals surface area contributed by atoms with E-state index in [9.17, 15) is 28.4 Å². The molecule has 2 aromatic carbocycles. The molecule has 3 aromatic rings. The lowest BCUT2D eigenvalue weighted by atomic mass is 10.1. The topological polar surface area (TPSA) is 144 Å². The van der Waals surface area contributed by atoms with Gasteiger partial charge in [-0.3, -0.25) is 14.4 Å². The van der Waals surface area contributed by atoms with Crippen LogP contribution in [-0.4, -0.2) is 43.3 Å². The van der Waals surface area contributed by atoms with E-state index >= 15 is 0 Å². The Bertz CT molecular complexity index is 1600.